The summed E-state index contributed by atoms with van der Waals surface area (Å²) in [6.45, 7) is 0. The average Bonchev–Trinajstić information content (AvgIpc) is 2.43. The summed E-state index contributed by atoms with van der Waals surface area (Å²) in [5.74, 6) is 2.05. The molecule has 0 aromatic heterocycles. The number of benzene rings is 2. The predicted molar refractivity (Wildman–Crippen MR) is 73.2 cm³/mol. The highest BCUT2D eigenvalue weighted by molar-refractivity contribution is 5.52. The summed E-state index contributed by atoms with van der Waals surface area (Å²) < 4.78 is 10.8. The molecule has 0 atom stereocenters. The zero-order valence-corrected chi connectivity index (χ0v) is 10.6. The van der Waals surface area contributed by atoms with Gasteiger partial charge in [-0.15, -0.1) is 0 Å². The summed E-state index contributed by atoms with van der Waals surface area (Å²) in [6, 6.07) is 14.7. The van der Waals surface area contributed by atoms with Crippen LogP contribution in [0.15, 0.2) is 42.5 Å². The second kappa shape index (κ2) is 5.78. The van der Waals surface area contributed by atoms with Crippen LogP contribution in [0, 0.1) is 11.3 Å². The van der Waals surface area contributed by atoms with Crippen LogP contribution in [-0.4, -0.2) is 7.11 Å². The van der Waals surface area contributed by atoms with Crippen LogP contribution >= 0.6 is 0 Å². The maximum absolute atomic E-state index is 8.73. The third kappa shape index (κ3) is 3.17. The lowest BCUT2D eigenvalue weighted by atomic mass is 10.1. The second-order valence-electron chi connectivity index (χ2n) is 3.98. The third-order valence-corrected chi connectivity index (χ3v) is 2.66. The Morgan fingerprint density at radius 1 is 1.11 bits per heavy atom. The second-order valence-corrected chi connectivity index (χ2v) is 3.98. The summed E-state index contributed by atoms with van der Waals surface area (Å²) in [4.78, 5) is 0. The van der Waals surface area contributed by atoms with E-state index in [0.717, 1.165) is 11.3 Å². The molecule has 4 heteroatoms. The van der Waals surface area contributed by atoms with Crippen LogP contribution in [0.1, 0.15) is 5.56 Å². The molecule has 2 aromatic carbocycles. The quantitative estimate of drug-likeness (QED) is 0.851. The molecule has 2 rings (SSSR count). The van der Waals surface area contributed by atoms with Gasteiger partial charge in [0.15, 0.2) is 0 Å². The molecule has 0 radical (unpaired) electrons. The Hall–Kier alpha value is -2.67. The van der Waals surface area contributed by atoms with Crippen molar-refractivity contribution in [1.82, 2.24) is 0 Å². The first-order valence-corrected chi connectivity index (χ1v) is 5.80. The minimum Gasteiger partial charge on any atom is -0.497 e. The van der Waals surface area contributed by atoms with E-state index in [1.807, 2.05) is 18.2 Å². The van der Waals surface area contributed by atoms with Crippen molar-refractivity contribution in [2.75, 3.05) is 12.8 Å². The molecular formula is C15H14N2O2. The highest BCUT2D eigenvalue weighted by Crippen LogP contribution is 2.27. The van der Waals surface area contributed by atoms with E-state index in [-0.39, 0.29) is 6.42 Å². The average molecular weight is 254 g/mol. The van der Waals surface area contributed by atoms with Crippen molar-refractivity contribution in [1.29, 1.82) is 5.26 Å². The number of nitrogens with two attached hydrogens (primary N) is 1. The van der Waals surface area contributed by atoms with Crippen molar-refractivity contribution >= 4 is 5.69 Å². The van der Waals surface area contributed by atoms with E-state index >= 15 is 0 Å². The van der Waals surface area contributed by atoms with Gasteiger partial charge in [-0.2, -0.15) is 5.26 Å². The van der Waals surface area contributed by atoms with Crippen molar-refractivity contribution in [2.45, 2.75) is 6.42 Å². The molecule has 0 spiro atoms. The van der Waals surface area contributed by atoms with E-state index in [2.05, 4.69) is 6.07 Å². The van der Waals surface area contributed by atoms with Crippen LogP contribution in [0.3, 0.4) is 0 Å². The molecule has 0 fully saturated rings. The monoisotopic (exact) mass is 254 g/mol. The Labute approximate surface area is 112 Å². The Bertz CT molecular complexity index is 618. The van der Waals surface area contributed by atoms with Crippen LogP contribution < -0.4 is 15.2 Å². The molecule has 2 N–H and O–H groups in total. The SMILES string of the molecule is COc1cccc(Oc2ccc(N)c(CC#N)c2)c1. The number of hydrogen-bond acceptors (Lipinski definition) is 4. The topological polar surface area (TPSA) is 68.3 Å². The fourth-order valence-corrected chi connectivity index (χ4v) is 1.68. The molecule has 0 heterocycles. The summed E-state index contributed by atoms with van der Waals surface area (Å²) in [6.07, 6.45) is 0.265. The molecule has 0 saturated heterocycles. The van der Waals surface area contributed by atoms with Crippen molar-refractivity contribution in [3.8, 4) is 23.3 Å². The van der Waals surface area contributed by atoms with Gasteiger partial charge in [0.05, 0.1) is 19.6 Å². The molecule has 19 heavy (non-hydrogen) atoms. The first-order chi connectivity index (χ1) is 9.22. The molecule has 0 saturated carbocycles. The van der Waals surface area contributed by atoms with E-state index in [4.69, 9.17) is 20.5 Å². The summed E-state index contributed by atoms with van der Waals surface area (Å²) in [5.41, 5.74) is 7.15. The van der Waals surface area contributed by atoms with E-state index in [9.17, 15) is 0 Å². The Kier molecular flexibility index (Phi) is 3.89. The van der Waals surface area contributed by atoms with E-state index < -0.39 is 0 Å². The number of ether oxygens (including phenoxy) is 2. The molecular weight excluding hydrogens is 240 g/mol. The third-order valence-electron chi connectivity index (χ3n) is 2.66. The highest BCUT2D eigenvalue weighted by atomic mass is 16.5. The number of hydrogen-bond donors (Lipinski definition) is 1. The molecule has 0 amide bonds. The maximum Gasteiger partial charge on any atom is 0.131 e. The normalized spacial score (nSPS) is 9.68. The van der Waals surface area contributed by atoms with Gasteiger partial charge in [-0.1, -0.05) is 6.07 Å². The van der Waals surface area contributed by atoms with Crippen LogP contribution in [-0.2, 0) is 6.42 Å². The minimum atomic E-state index is 0.265. The van der Waals surface area contributed by atoms with Gasteiger partial charge in [0.1, 0.15) is 17.2 Å². The van der Waals surface area contributed by atoms with Gasteiger partial charge in [0.25, 0.3) is 0 Å². The number of nitrogens with zero attached hydrogens (tertiary/aromatic N) is 1. The number of anilines is 1. The fraction of sp³-hybridized carbons (Fsp3) is 0.133. The van der Waals surface area contributed by atoms with E-state index in [0.29, 0.717) is 17.2 Å². The van der Waals surface area contributed by atoms with Gasteiger partial charge in [-0.05, 0) is 35.9 Å². The molecule has 0 bridgehead atoms. The molecule has 4 nitrogen and oxygen atoms in total. The Morgan fingerprint density at radius 3 is 2.58 bits per heavy atom. The molecule has 96 valence electrons. The van der Waals surface area contributed by atoms with Gasteiger partial charge < -0.3 is 15.2 Å². The smallest absolute Gasteiger partial charge is 0.131 e. The van der Waals surface area contributed by atoms with Gasteiger partial charge in [-0.3, -0.25) is 0 Å². The number of nitriles is 1. The van der Waals surface area contributed by atoms with Crippen molar-refractivity contribution in [2.24, 2.45) is 0 Å². The van der Waals surface area contributed by atoms with Gasteiger partial charge >= 0.3 is 0 Å². The van der Waals surface area contributed by atoms with Gasteiger partial charge in [-0.25, -0.2) is 0 Å². The van der Waals surface area contributed by atoms with Crippen LogP contribution in [0.5, 0.6) is 17.2 Å². The zero-order valence-electron chi connectivity index (χ0n) is 10.6. The molecule has 0 unspecified atom stereocenters. The minimum absolute atomic E-state index is 0.265. The molecule has 0 aliphatic rings. The Balaban J connectivity index is 2.23. The largest absolute Gasteiger partial charge is 0.497 e. The lowest BCUT2D eigenvalue weighted by Crippen LogP contribution is -1.94. The van der Waals surface area contributed by atoms with Crippen LogP contribution in [0.25, 0.3) is 0 Å². The standard InChI is InChI=1S/C15H14N2O2/c1-18-12-3-2-4-13(10-12)19-14-5-6-15(17)11(9-14)7-8-16/h2-6,9-10H,7,17H2,1H3. The van der Waals surface area contributed by atoms with Crippen LogP contribution in [0.2, 0.25) is 0 Å². The summed E-state index contributed by atoms with van der Waals surface area (Å²) in [5, 5.41) is 8.73. The maximum atomic E-state index is 8.73. The molecule has 0 aliphatic carbocycles. The van der Waals surface area contributed by atoms with Crippen molar-refractivity contribution in [3.05, 3.63) is 48.0 Å². The number of rotatable bonds is 4. The first-order valence-electron chi connectivity index (χ1n) is 5.80. The van der Waals surface area contributed by atoms with Crippen molar-refractivity contribution < 1.29 is 9.47 Å². The number of methoxy groups -OCH3 is 1. The lowest BCUT2D eigenvalue weighted by Gasteiger charge is -2.09. The first kappa shape index (κ1) is 12.8. The van der Waals surface area contributed by atoms with E-state index in [1.165, 1.54) is 0 Å². The molecule has 2 aromatic rings. The van der Waals surface area contributed by atoms with E-state index in [1.54, 1.807) is 31.4 Å². The van der Waals surface area contributed by atoms with Gasteiger partial charge in [0.2, 0.25) is 0 Å². The van der Waals surface area contributed by atoms with Crippen LogP contribution in [0.4, 0.5) is 5.69 Å². The molecule has 0 aliphatic heterocycles. The summed E-state index contributed by atoms with van der Waals surface area (Å²) >= 11 is 0. The fourth-order valence-electron chi connectivity index (χ4n) is 1.68. The number of nitrogen functional groups attached to an aromatic ring is 1. The highest BCUT2D eigenvalue weighted by Gasteiger charge is 2.04. The Morgan fingerprint density at radius 2 is 1.84 bits per heavy atom. The van der Waals surface area contributed by atoms with Crippen molar-refractivity contribution in [3.63, 3.8) is 0 Å². The lowest BCUT2D eigenvalue weighted by molar-refractivity contribution is 0.409. The summed E-state index contributed by atoms with van der Waals surface area (Å²) in [7, 11) is 1.60. The zero-order chi connectivity index (χ0) is 13.7. The predicted octanol–water partition coefficient (Wildman–Crippen LogP) is 3.14. The van der Waals surface area contributed by atoms with Gasteiger partial charge in [0, 0.05) is 11.8 Å².